The largest absolute Gasteiger partial charge is 0.505 e. The van der Waals surface area contributed by atoms with Crippen LogP contribution in [-0.2, 0) is 14.8 Å². The van der Waals surface area contributed by atoms with Crippen molar-refractivity contribution in [2.24, 2.45) is 0 Å². The quantitative estimate of drug-likeness (QED) is 0.811. The highest BCUT2D eigenvalue weighted by molar-refractivity contribution is 7.89. The third-order valence-corrected chi connectivity index (χ3v) is 3.94. The fourth-order valence-electron chi connectivity index (χ4n) is 1.53. The minimum absolute atomic E-state index is 0.0679. The zero-order chi connectivity index (χ0) is 12.8. The highest BCUT2D eigenvalue weighted by Crippen LogP contribution is 2.31. The van der Waals surface area contributed by atoms with Gasteiger partial charge in [-0.1, -0.05) is 11.6 Å². The zero-order valence-corrected chi connectivity index (χ0v) is 10.3. The molecule has 0 radical (unpaired) electrons. The number of allylic oxidation sites excluding steroid dienone is 1. The molecule has 0 aromatic heterocycles. The smallest absolute Gasteiger partial charge is 0.262 e. The highest BCUT2D eigenvalue weighted by Gasteiger charge is 2.31. The number of aliphatic hydroxyl groups is 1. The lowest BCUT2D eigenvalue weighted by Crippen LogP contribution is -2.32. The van der Waals surface area contributed by atoms with Crippen LogP contribution >= 0.6 is 11.6 Å². The van der Waals surface area contributed by atoms with Gasteiger partial charge < -0.3 is 5.11 Å². The van der Waals surface area contributed by atoms with E-state index in [-0.39, 0.29) is 26.9 Å². The van der Waals surface area contributed by atoms with Crippen molar-refractivity contribution in [1.82, 2.24) is 4.72 Å². The molecule has 90 valence electrons. The summed E-state index contributed by atoms with van der Waals surface area (Å²) in [6, 6.07) is 4.01. The van der Waals surface area contributed by atoms with Crippen LogP contribution in [0.2, 0.25) is 5.02 Å². The summed E-state index contributed by atoms with van der Waals surface area (Å²) >= 11 is 5.69. The van der Waals surface area contributed by atoms with Crippen LogP contribution in [0.1, 0.15) is 12.5 Å². The number of Topliss-reactive ketones (excluding diaryl/α,β-unsaturated/α-hetero) is 1. The van der Waals surface area contributed by atoms with Crippen LogP contribution in [0.3, 0.4) is 0 Å². The average molecular weight is 274 g/mol. The third kappa shape index (κ3) is 1.89. The predicted molar refractivity (Wildman–Crippen MR) is 62.0 cm³/mol. The Hall–Kier alpha value is -1.53. The molecule has 5 nitrogen and oxygen atoms in total. The Balaban J connectivity index is 2.81. The first kappa shape index (κ1) is 11.9. The first-order valence-electron chi connectivity index (χ1n) is 4.60. The molecule has 1 aliphatic heterocycles. The highest BCUT2D eigenvalue weighted by atomic mass is 35.5. The summed E-state index contributed by atoms with van der Waals surface area (Å²) < 4.78 is 25.7. The summed E-state index contributed by atoms with van der Waals surface area (Å²) in [5.74, 6) is -0.953. The zero-order valence-electron chi connectivity index (χ0n) is 8.69. The second-order valence-electron chi connectivity index (χ2n) is 3.53. The van der Waals surface area contributed by atoms with Crippen molar-refractivity contribution in [3.05, 3.63) is 34.5 Å². The molecular weight excluding hydrogens is 266 g/mol. The van der Waals surface area contributed by atoms with Gasteiger partial charge in [0.05, 0.1) is 4.90 Å². The molecule has 0 atom stereocenters. The molecule has 0 fully saturated rings. The maximum atomic E-state index is 11.8. The molecule has 0 bridgehead atoms. The number of fused-ring (bicyclic) bond motifs is 1. The van der Waals surface area contributed by atoms with E-state index in [9.17, 15) is 18.3 Å². The summed E-state index contributed by atoms with van der Waals surface area (Å²) in [5, 5.41) is 10.0. The van der Waals surface area contributed by atoms with Crippen LogP contribution < -0.4 is 4.72 Å². The molecule has 2 N–H and O–H groups in total. The van der Waals surface area contributed by atoms with E-state index in [4.69, 9.17) is 11.6 Å². The fourth-order valence-corrected chi connectivity index (χ4v) is 3.12. The van der Waals surface area contributed by atoms with E-state index in [1.165, 1.54) is 18.2 Å². The van der Waals surface area contributed by atoms with Gasteiger partial charge in [0.2, 0.25) is 0 Å². The van der Waals surface area contributed by atoms with Crippen molar-refractivity contribution >= 4 is 33.2 Å². The van der Waals surface area contributed by atoms with Gasteiger partial charge in [-0.25, -0.2) is 8.42 Å². The third-order valence-electron chi connectivity index (χ3n) is 2.31. The normalized spacial score (nSPS) is 17.3. The van der Waals surface area contributed by atoms with Crippen LogP contribution in [0, 0.1) is 0 Å². The van der Waals surface area contributed by atoms with E-state index >= 15 is 0 Å². The number of rotatable bonds is 1. The maximum absolute atomic E-state index is 11.8. The number of benzene rings is 1. The Labute approximate surface area is 103 Å². The molecule has 0 amide bonds. The molecule has 1 aromatic rings. The number of ketones is 1. The molecule has 0 spiro atoms. The van der Waals surface area contributed by atoms with Crippen LogP contribution in [0.5, 0.6) is 0 Å². The fraction of sp³-hybridized carbons (Fsp3) is 0.100. The summed E-state index contributed by atoms with van der Waals surface area (Å²) in [7, 11) is -3.86. The number of nitrogens with one attached hydrogen (secondary N) is 1. The summed E-state index contributed by atoms with van der Waals surface area (Å²) in [6.07, 6.45) is 0. The number of halogens is 1. The summed E-state index contributed by atoms with van der Waals surface area (Å²) in [6.45, 7) is 1.16. The van der Waals surface area contributed by atoms with Crippen molar-refractivity contribution in [2.75, 3.05) is 0 Å². The van der Waals surface area contributed by atoms with Gasteiger partial charge in [-0.2, -0.15) is 0 Å². The SMILES string of the molecule is CC(=O)C1=C(O)c2ccc(Cl)cc2S(=O)(=O)N1. The molecule has 1 aliphatic rings. The predicted octanol–water partition coefficient (Wildman–Crippen LogP) is 1.45. The van der Waals surface area contributed by atoms with E-state index in [0.29, 0.717) is 0 Å². The van der Waals surface area contributed by atoms with Crippen LogP contribution in [0.4, 0.5) is 0 Å². The number of carbonyl (C=O) groups is 1. The van der Waals surface area contributed by atoms with Crippen LogP contribution in [-0.4, -0.2) is 19.3 Å². The first-order chi connectivity index (χ1) is 7.83. The minimum Gasteiger partial charge on any atom is -0.505 e. The monoisotopic (exact) mass is 273 g/mol. The van der Waals surface area contributed by atoms with Gasteiger partial charge in [-0.3, -0.25) is 9.52 Å². The molecule has 0 aliphatic carbocycles. The van der Waals surface area contributed by atoms with Gasteiger partial charge in [0.15, 0.2) is 11.5 Å². The van der Waals surface area contributed by atoms with Gasteiger partial charge in [-0.15, -0.1) is 0 Å². The number of hydrogen-bond acceptors (Lipinski definition) is 4. The summed E-state index contributed by atoms with van der Waals surface area (Å²) in [5.41, 5.74) is -0.266. The molecule has 1 aromatic carbocycles. The number of aliphatic hydroxyl groups excluding tert-OH is 1. The Kier molecular flexibility index (Phi) is 2.63. The van der Waals surface area contributed by atoms with Crippen LogP contribution in [0.25, 0.3) is 5.76 Å². The minimum atomic E-state index is -3.86. The van der Waals surface area contributed by atoms with E-state index in [0.717, 1.165) is 6.92 Å². The molecule has 0 saturated heterocycles. The van der Waals surface area contributed by atoms with Crippen molar-refractivity contribution in [3.8, 4) is 0 Å². The van der Waals surface area contributed by atoms with Crippen molar-refractivity contribution in [2.45, 2.75) is 11.8 Å². The van der Waals surface area contributed by atoms with Crippen molar-refractivity contribution in [1.29, 1.82) is 0 Å². The van der Waals surface area contributed by atoms with E-state index in [2.05, 4.69) is 0 Å². The standard InChI is InChI=1S/C10H8ClNO4S/c1-5(13)9-10(14)7-3-2-6(11)4-8(7)17(15,16)12-9/h2-4,12,14H,1H3. The second-order valence-corrected chi connectivity index (χ2v) is 5.61. The summed E-state index contributed by atoms with van der Waals surface area (Å²) in [4.78, 5) is 11.1. The Morgan fingerprint density at radius 2 is 2.06 bits per heavy atom. The van der Waals surface area contributed by atoms with Gasteiger partial charge >= 0.3 is 0 Å². The Bertz CT molecular complexity index is 648. The van der Waals surface area contributed by atoms with Crippen molar-refractivity contribution < 1.29 is 18.3 Å². The first-order valence-corrected chi connectivity index (χ1v) is 6.46. The van der Waals surface area contributed by atoms with Gasteiger partial charge in [0, 0.05) is 17.5 Å². The maximum Gasteiger partial charge on any atom is 0.262 e. The second kappa shape index (κ2) is 3.75. The van der Waals surface area contributed by atoms with Gasteiger partial charge in [0.1, 0.15) is 5.70 Å². The number of hydrogen-bond donors (Lipinski definition) is 2. The lowest BCUT2D eigenvalue weighted by molar-refractivity contribution is -0.113. The van der Waals surface area contributed by atoms with E-state index < -0.39 is 15.8 Å². The molecule has 1 heterocycles. The lowest BCUT2D eigenvalue weighted by atomic mass is 10.1. The molecule has 0 unspecified atom stereocenters. The molecule has 17 heavy (non-hydrogen) atoms. The van der Waals surface area contributed by atoms with Crippen LogP contribution in [0.15, 0.2) is 28.8 Å². The lowest BCUT2D eigenvalue weighted by Gasteiger charge is -2.20. The number of carbonyl (C=O) groups excluding carboxylic acids is 1. The molecule has 7 heteroatoms. The van der Waals surface area contributed by atoms with E-state index in [1.807, 2.05) is 4.72 Å². The topological polar surface area (TPSA) is 83.5 Å². The molecular formula is C10H8ClNO4S. The number of sulfonamides is 1. The Morgan fingerprint density at radius 1 is 1.41 bits per heavy atom. The van der Waals surface area contributed by atoms with E-state index in [1.54, 1.807) is 0 Å². The molecule has 0 saturated carbocycles. The van der Waals surface area contributed by atoms with Crippen molar-refractivity contribution in [3.63, 3.8) is 0 Å². The average Bonchev–Trinajstić information content (AvgIpc) is 2.23. The Morgan fingerprint density at radius 3 is 2.65 bits per heavy atom. The van der Waals surface area contributed by atoms with Gasteiger partial charge in [-0.05, 0) is 18.2 Å². The van der Waals surface area contributed by atoms with Gasteiger partial charge in [0.25, 0.3) is 10.0 Å². The molecule has 2 rings (SSSR count).